The Morgan fingerprint density at radius 3 is 2.64 bits per heavy atom. The van der Waals surface area contributed by atoms with Gasteiger partial charge in [-0.2, -0.15) is 0 Å². The van der Waals surface area contributed by atoms with Gasteiger partial charge in [-0.1, -0.05) is 0 Å². The third-order valence-corrected chi connectivity index (χ3v) is 2.49. The van der Waals surface area contributed by atoms with E-state index in [4.69, 9.17) is 5.11 Å². The van der Waals surface area contributed by atoms with Gasteiger partial charge in [0, 0.05) is 10.9 Å². The van der Waals surface area contributed by atoms with Gasteiger partial charge in [-0.25, -0.2) is 4.79 Å². The van der Waals surface area contributed by atoms with Crippen LogP contribution in [0.25, 0.3) is 0 Å². The average molecular weight is 170 g/mol. The van der Waals surface area contributed by atoms with Crippen LogP contribution in [0.1, 0.15) is 25.6 Å². The third-order valence-electron chi connectivity index (χ3n) is 1.40. The van der Waals surface area contributed by atoms with Gasteiger partial charge in [0.25, 0.3) is 0 Å². The highest BCUT2D eigenvalue weighted by Gasteiger charge is 2.12. The quantitative estimate of drug-likeness (QED) is 0.685. The molecule has 1 aromatic heterocycles. The number of rotatable bonds is 2. The van der Waals surface area contributed by atoms with Gasteiger partial charge >= 0.3 is 5.97 Å². The Labute approximate surface area is 67.3 Å². The van der Waals surface area contributed by atoms with Crippen molar-refractivity contribution >= 4 is 23.6 Å². The predicted molar refractivity (Wildman–Crippen MR) is 41.4 cm³/mol. The summed E-state index contributed by atoms with van der Waals surface area (Å²) in [7, 11) is 0. The molecule has 1 N–H and O–H groups in total. The van der Waals surface area contributed by atoms with E-state index >= 15 is 0 Å². The second kappa shape index (κ2) is 2.84. The lowest BCUT2D eigenvalue weighted by molar-refractivity contribution is 0.0701. The van der Waals surface area contributed by atoms with Crippen molar-refractivity contribution in [1.29, 1.82) is 0 Å². The Hall–Kier alpha value is -1.16. The van der Waals surface area contributed by atoms with Gasteiger partial charge in [0.2, 0.25) is 0 Å². The van der Waals surface area contributed by atoms with E-state index < -0.39 is 5.97 Å². The molecule has 4 heteroatoms. The average Bonchev–Trinajstić information content (AvgIpc) is 2.30. The first-order valence-electron chi connectivity index (χ1n) is 2.93. The van der Waals surface area contributed by atoms with Crippen LogP contribution in [-0.2, 0) is 0 Å². The van der Waals surface area contributed by atoms with Gasteiger partial charge in [-0.3, -0.25) is 4.79 Å². The van der Waals surface area contributed by atoms with Gasteiger partial charge < -0.3 is 5.11 Å². The Morgan fingerprint density at radius 1 is 1.73 bits per heavy atom. The van der Waals surface area contributed by atoms with Crippen molar-refractivity contribution in [2.24, 2.45) is 0 Å². The van der Waals surface area contributed by atoms with Crippen LogP contribution in [0.3, 0.4) is 0 Å². The number of thiophene rings is 1. The van der Waals surface area contributed by atoms with E-state index in [1.54, 1.807) is 12.3 Å². The zero-order valence-electron chi connectivity index (χ0n) is 5.83. The first kappa shape index (κ1) is 7.94. The molecule has 1 heterocycles. The summed E-state index contributed by atoms with van der Waals surface area (Å²) in [5.41, 5.74) is 1.02. The van der Waals surface area contributed by atoms with E-state index in [-0.39, 0.29) is 4.88 Å². The molecule has 0 aromatic carbocycles. The molecule has 1 aromatic rings. The van der Waals surface area contributed by atoms with Crippen LogP contribution in [0, 0.1) is 6.92 Å². The van der Waals surface area contributed by atoms with E-state index in [0.29, 0.717) is 17.4 Å². The summed E-state index contributed by atoms with van der Waals surface area (Å²) in [6.07, 6.45) is 0.665. The van der Waals surface area contributed by atoms with E-state index in [1.165, 1.54) is 0 Å². The largest absolute Gasteiger partial charge is 0.477 e. The van der Waals surface area contributed by atoms with Gasteiger partial charge in [0.15, 0.2) is 6.29 Å². The van der Waals surface area contributed by atoms with E-state index in [9.17, 15) is 9.59 Å². The molecule has 1 rings (SSSR count). The number of hydrogen-bond donors (Lipinski definition) is 1. The summed E-state index contributed by atoms with van der Waals surface area (Å²) < 4.78 is 0. The molecular weight excluding hydrogens is 164 g/mol. The normalized spacial score (nSPS) is 9.55. The van der Waals surface area contributed by atoms with E-state index in [2.05, 4.69) is 0 Å². The Bertz CT molecular complexity index is 301. The zero-order chi connectivity index (χ0) is 8.43. The molecule has 0 radical (unpaired) electrons. The minimum atomic E-state index is -0.972. The molecule has 0 unspecified atom stereocenters. The fourth-order valence-corrected chi connectivity index (χ4v) is 1.63. The van der Waals surface area contributed by atoms with Crippen molar-refractivity contribution in [3.8, 4) is 0 Å². The Morgan fingerprint density at radius 2 is 2.36 bits per heavy atom. The van der Waals surface area contributed by atoms with E-state index in [0.717, 1.165) is 11.3 Å². The molecule has 0 aliphatic carbocycles. The highest BCUT2D eigenvalue weighted by atomic mass is 32.1. The van der Waals surface area contributed by atoms with Crippen molar-refractivity contribution in [3.05, 3.63) is 21.4 Å². The lowest BCUT2D eigenvalue weighted by Crippen LogP contribution is -1.95. The molecule has 0 aliphatic heterocycles. The highest BCUT2D eigenvalue weighted by Crippen LogP contribution is 2.19. The monoisotopic (exact) mass is 170 g/mol. The summed E-state index contributed by atoms with van der Waals surface area (Å²) in [5.74, 6) is -0.972. The molecule has 0 aliphatic rings. The number of aromatic carboxylic acids is 1. The SMILES string of the molecule is Cc1c(C=O)csc1C(=O)O. The fraction of sp³-hybridized carbons (Fsp3) is 0.143. The molecule has 0 spiro atoms. The smallest absolute Gasteiger partial charge is 0.346 e. The zero-order valence-corrected chi connectivity index (χ0v) is 6.64. The maximum atomic E-state index is 10.4. The maximum absolute atomic E-state index is 10.4. The summed E-state index contributed by atoms with van der Waals surface area (Å²) in [6.45, 7) is 1.63. The number of carbonyl (C=O) groups is 2. The lowest BCUT2D eigenvalue weighted by atomic mass is 10.2. The van der Waals surface area contributed by atoms with Gasteiger partial charge in [-0.05, 0) is 12.5 Å². The van der Waals surface area contributed by atoms with Crippen LogP contribution in [0.2, 0.25) is 0 Å². The molecule has 0 fully saturated rings. The number of hydrogen-bond acceptors (Lipinski definition) is 3. The van der Waals surface area contributed by atoms with E-state index in [1.807, 2.05) is 0 Å². The molecule has 3 nitrogen and oxygen atoms in total. The minimum Gasteiger partial charge on any atom is -0.477 e. The molecule has 0 atom stereocenters. The standard InChI is InChI=1S/C7H6O3S/c1-4-5(2-8)3-11-6(4)7(9)10/h2-3H,1H3,(H,9,10). The van der Waals surface area contributed by atoms with Crippen molar-refractivity contribution in [2.45, 2.75) is 6.92 Å². The van der Waals surface area contributed by atoms with Gasteiger partial charge in [-0.15, -0.1) is 11.3 Å². The predicted octanol–water partition coefficient (Wildman–Crippen LogP) is 1.57. The molecule has 0 bridgehead atoms. The Balaban J connectivity index is 3.20. The highest BCUT2D eigenvalue weighted by molar-refractivity contribution is 7.12. The minimum absolute atomic E-state index is 0.243. The van der Waals surface area contributed by atoms with Crippen molar-refractivity contribution < 1.29 is 14.7 Å². The van der Waals surface area contributed by atoms with Crippen LogP contribution < -0.4 is 0 Å². The third kappa shape index (κ3) is 1.30. The van der Waals surface area contributed by atoms with Crippen LogP contribution in [-0.4, -0.2) is 17.4 Å². The van der Waals surface area contributed by atoms with Crippen LogP contribution >= 0.6 is 11.3 Å². The first-order valence-corrected chi connectivity index (χ1v) is 3.81. The van der Waals surface area contributed by atoms with Crippen molar-refractivity contribution in [3.63, 3.8) is 0 Å². The topological polar surface area (TPSA) is 54.4 Å². The summed E-state index contributed by atoms with van der Waals surface area (Å²) >= 11 is 1.08. The van der Waals surface area contributed by atoms with Crippen molar-refractivity contribution in [1.82, 2.24) is 0 Å². The second-order valence-electron chi connectivity index (χ2n) is 2.07. The van der Waals surface area contributed by atoms with Crippen LogP contribution in [0.5, 0.6) is 0 Å². The fourth-order valence-electron chi connectivity index (χ4n) is 0.757. The molecule has 58 valence electrons. The van der Waals surface area contributed by atoms with Gasteiger partial charge in [0.05, 0.1) is 0 Å². The molecule has 0 amide bonds. The van der Waals surface area contributed by atoms with Gasteiger partial charge in [0.1, 0.15) is 4.88 Å². The molecule has 0 saturated carbocycles. The maximum Gasteiger partial charge on any atom is 0.346 e. The summed E-state index contributed by atoms with van der Waals surface area (Å²) in [6, 6.07) is 0. The molecule has 0 saturated heterocycles. The molecular formula is C7H6O3S. The number of carbonyl (C=O) groups excluding carboxylic acids is 1. The van der Waals surface area contributed by atoms with Crippen molar-refractivity contribution in [2.75, 3.05) is 0 Å². The number of carboxylic acid groups (broad SMARTS) is 1. The lowest BCUT2D eigenvalue weighted by Gasteiger charge is -1.89. The molecule has 11 heavy (non-hydrogen) atoms. The first-order chi connectivity index (χ1) is 5.16. The summed E-state index contributed by atoms with van der Waals surface area (Å²) in [4.78, 5) is 21.0. The second-order valence-corrected chi connectivity index (χ2v) is 2.95. The number of aldehydes is 1. The number of carboxylic acids is 1. The summed E-state index contributed by atoms with van der Waals surface area (Å²) in [5, 5.41) is 10.1. The van der Waals surface area contributed by atoms with Crippen LogP contribution in [0.4, 0.5) is 0 Å². The Kier molecular flexibility index (Phi) is 2.05. The van der Waals surface area contributed by atoms with Crippen LogP contribution in [0.15, 0.2) is 5.38 Å².